The summed E-state index contributed by atoms with van der Waals surface area (Å²) in [6.45, 7) is 0. The van der Waals surface area contributed by atoms with Gasteiger partial charge in [-0.25, -0.2) is 4.98 Å². The molecule has 0 radical (unpaired) electrons. The van der Waals surface area contributed by atoms with Crippen molar-refractivity contribution in [3.63, 3.8) is 0 Å². The molecule has 0 unspecified atom stereocenters. The first kappa shape index (κ1) is 10.0. The maximum absolute atomic E-state index is 11.6. The van der Waals surface area contributed by atoms with E-state index in [1.54, 1.807) is 24.4 Å². The Morgan fingerprint density at radius 1 is 1.19 bits per heavy atom. The summed E-state index contributed by atoms with van der Waals surface area (Å²) in [5, 5.41) is 9.83. The van der Waals surface area contributed by atoms with Crippen molar-refractivity contribution in [1.82, 2.24) is 15.2 Å². The number of hydrogen-bond acceptors (Lipinski definition) is 5. The van der Waals surface area contributed by atoms with Crippen LogP contribution in [0.2, 0.25) is 0 Å². The largest absolute Gasteiger partial charge is 0.382 e. The van der Waals surface area contributed by atoms with Crippen LogP contribution in [-0.4, -0.2) is 21.1 Å². The fourth-order valence-corrected chi connectivity index (χ4v) is 1.08. The molecule has 2 heterocycles. The Kier molecular flexibility index (Phi) is 2.73. The number of carbonyl (C=O) groups excluding carboxylic acids is 1. The molecule has 80 valence electrons. The first-order valence-electron chi connectivity index (χ1n) is 4.57. The third-order valence-corrected chi connectivity index (χ3v) is 1.82. The van der Waals surface area contributed by atoms with E-state index in [1.807, 2.05) is 0 Å². The van der Waals surface area contributed by atoms with Gasteiger partial charge in [-0.1, -0.05) is 6.07 Å². The number of anilines is 2. The lowest BCUT2D eigenvalue weighted by molar-refractivity contribution is 0.102. The van der Waals surface area contributed by atoms with Gasteiger partial charge in [-0.3, -0.25) is 4.79 Å². The number of carbonyl (C=O) groups is 1. The second-order valence-corrected chi connectivity index (χ2v) is 3.01. The third-order valence-electron chi connectivity index (χ3n) is 1.82. The van der Waals surface area contributed by atoms with E-state index in [4.69, 9.17) is 5.73 Å². The lowest BCUT2D eigenvalue weighted by Gasteiger charge is -2.02. The molecule has 6 heteroatoms. The van der Waals surface area contributed by atoms with Crippen LogP contribution in [0.3, 0.4) is 0 Å². The molecule has 2 rings (SSSR count). The van der Waals surface area contributed by atoms with E-state index < -0.39 is 0 Å². The van der Waals surface area contributed by atoms with Crippen LogP contribution in [-0.2, 0) is 0 Å². The molecule has 1 amide bonds. The molecule has 16 heavy (non-hydrogen) atoms. The lowest BCUT2D eigenvalue weighted by Crippen LogP contribution is -2.15. The Hall–Kier alpha value is -2.50. The molecule has 0 bridgehead atoms. The molecule has 0 aliphatic heterocycles. The predicted octanol–water partition coefficient (Wildman–Crippen LogP) is 0.706. The fourth-order valence-electron chi connectivity index (χ4n) is 1.08. The standard InChI is InChI=1S/C10H9N5O/c11-8-5-4-7(14-15-8)10(16)13-9-3-1-2-6-12-9/h1-6H,(H2,11,15)(H,12,13,16). The molecular weight excluding hydrogens is 206 g/mol. The summed E-state index contributed by atoms with van der Waals surface area (Å²) >= 11 is 0. The predicted molar refractivity (Wildman–Crippen MR) is 58.6 cm³/mol. The van der Waals surface area contributed by atoms with E-state index in [1.165, 1.54) is 12.1 Å². The van der Waals surface area contributed by atoms with E-state index in [-0.39, 0.29) is 17.4 Å². The van der Waals surface area contributed by atoms with Gasteiger partial charge in [0.15, 0.2) is 5.69 Å². The Morgan fingerprint density at radius 3 is 2.69 bits per heavy atom. The highest BCUT2D eigenvalue weighted by Gasteiger charge is 2.08. The molecule has 0 aliphatic rings. The van der Waals surface area contributed by atoms with Gasteiger partial charge in [-0.05, 0) is 24.3 Å². The first-order chi connectivity index (χ1) is 7.75. The van der Waals surface area contributed by atoms with Gasteiger partial charge in [0.05, 0.1) is 0 Å². The summed E-state index contributed by atoms with van der Waals surface area (Å²) in [4.78, 5) is 15.6. The minimum absolute atomic E-state index is 0.194. The van der Waals surface area contributed by atoms with Crippen molar-refractivity contribution in [2.24, 2.45) is 0 Å². The summed E-state index contributed by atoms with van der Waals surface area (Å²) in [6.07, 6.45) is 1.59. The van der Waals surface area contributed by atoms with Gasteiger partial charge < -0.3 is 11.1 Å². The highest BCUT2D eigenvalue weighted by atomic mass is 16.2. The van der Waals surface area contributed by atoms with E-state index in [9.17, 15) is 4.79 Å². The van der Waals surface area contributed by atoms with E-state index >= 15 is 0 Å². The number of nitrogens with one attached hydrogen (secondary N) is 1. The average Bonchev–Trinajstić information content (AvgIpc) is 2.31. The van der Waals surface area contributed by atoms with Gasteiger partial charge in [0, 0.05) is 6.20 Å². The van der Waals surface area contributed by atoms with Gasteiger partial charge in [0.1, 0.15) is 11.6 Å². The lowest BCUT2D eigenvalue weighted by atomic mass is 10.3. The number of amides is 1. The van der Waals surface area contributed by atoms with E-state index in [0.29, 0.717) is 5.82 Å². The molecule has 0 aliphatic carbocycles. The van der Waals surface area contributed by atoms with Crippen LogP contribution in [0.25, 0.3) is 0 Å². The molecule has 2 aromatic rings. The Bertz CT molecular complexity index is 482. The van der Waals surface area contributed by atoms with Gasteiger partial charge in [0.2, 0.25) is 0 Å². The summed E-state index contributed by atoms with van der Waals surface area (Å²) in [6, 6.07) is 8.24. The van der Waals surface area contributed by atoms with Gasteiger partial charge in [-0.2, -0.15) is 0 Å². The monoisotopic (exact) mass is 215 g/mol. The number of rotatable bonds is 2. The van der Waals surface area contributed by atoms with Gasteiger partial charge in [-0.15, -0.1) is 10.2 Å². The molecule has 0 saturated carbocycles. The van der Waals surface area contributed by atoms with Gasteiger partial charge in [0.25, 0.3) is 5.91 Å². The highest BCUT2D eigenvalue weighted by Crippen LogP contribution is 2.03. The number of aromatic nitrogens is 3. The van der Waals surface area contributed by atoms with Crippen molar-refractivity contribution in [3.8, 4) is 0 Å². The van der Waals surface area contributed by atoms with Crippen LogP contribution in [0.15, 0.2) is 36.5 Å². The summed E-state index contributed by atoms with van der Waals surface area (Å²) in [5.74, 6) is 0.367. The van der Waals surface area contributed by atoms with Crippen LogP contribution in [0.4, 0.5) is 11.6 Å². The smallest absolute Gasteiger partial charge is 0.277 e. The summed E-state index contributed by atoms with van der Waals surface area (Å²) < 4.78 is 0. The van der Waals surface area contributed by atoms with Crippen molar-refractivity contribution in [2.75, 3.05) is 11.1 Å². The SMILES string of the molecule is Nc1ccc(C(=O)Nc2ccccn2)nn1. The topological polar surface area (TPSA) is 93.8 Å². The second-order valence-electron chi connectivity index (χ2n) is 3.01. The third kappa shape index (κ3) is 2.30. The number of hydrogen-bond donors (Lipinski definition) is 2. The number of nitrogen functional groups attached to an aromatic ring is 1. The Labute approximate surface area is 91.5 Å². The molecule has 3 N–H and O–H groups in total. The molecule has 0 fully saturated rings. The number of nitrogens with zero attached hydrogens (tertiary/aromatic N) is 3. The zero-order chi connectivity index (χ0) is 11.4. The molecule has 0 saturated heterocycles. The van der Waals surface area contributed by atoms with Crippen LogP contribution in [0.1, 0.15) is 10.5 Å². The van der Waals surface area contributed by atoms with E-state index in [2.05, 4.69) is 20.5 Å². The van der Waals surface area contributed by atoms with Gasteiger partial charge >= 0.3 is 0 Å². The van der Waals surface area contributed by atoms with E-state index in [0.717, 1.165) is 0 Å². The number of pyridine rings is 1. The first-order valence-corrected chi connectivity index (χ1v) is 4.57. The van der Waals surface area contributed by atoms with Crippen molar-refractivity contribution >= 4 is 17.5 Å². The molecule has 0 spiro atoms. The van der Waals surface area contributed by atoms with Crippen molar-refractivity contribution in [2.45, 2.75) is 0 Å². The van der Waals surface area contributed by atoms with Crippen molar-refractivity contribution in [1.29, 1.82) is 0 Å². The zero-order valence-corrected chi connectivity index (χ0v) is 8.29. The zero-order valence-electron chi connectivity index (χ0n) is 8.29. The van der Waals surface area contributed by atoms with Crippen LogP contribution < -0.4 is 11.1 Å². The summed E-state index contributed by atoms with van der Waals surface area (Å²) in [5.41, 5.74) is 5.56. The maximum Gasteiger partial charge on any atom is 0.277 e. The second kappa shape index (κ2) is 4.35. The Morgan fingerprint density at radius 2 is 2.06 bits per heavy atom. The van der Waals surface area contributed by atoms with Crippen LogP contribution >= 0.6 is 0 Å². The fraction of sp³-hybridized carbons (Fsp3) is 0. The molecule has 0 aromatic carbocycles. The maximum atomic E-state index is 11.6. The molecule has 2 aromatic heterocycles. The highest BCUT2D eigenvalue weighted by molar-refractivity contribution is 6.02. The quantitative estimate of drug-likeness (QED) is 0.769. The molecular formula is C10H9N5O. The minimum atomic E-state index is -0.369. The normalized spacial score (nSPS) is 9.75. The van der Waals surface area contributed by atoms with Crippen LogP contribution in [0, 0.1) is 0 Å². The van der Waals surface area contributed by atoms with Crippen molar-refractivity contribution < 1.29 is 4.79 Å². The van der Waals surface area contributed by atoms with Crippen molar-refractivity contribution in [3.05, 3.63) is 42.2 Å². The molecule has 6 nitrogen and oxygen atoms in total. The summed E-state index contributed by atoms with van der Waals surface area (Å²) in [7, 11) is 0. The molecule has 0 atom stereocenters. The number of nitrogens with two attached hydrogens (primary N) is 1. The average molecular weight is 215 g/mol. The van der Waals surface area contributed by atoms with Crippen LogP contribution in [0.5, 0.6) is 0 Å². The minimum Gasteiger partial charge on any atom is -0.382 e. The Balaban J connectivity index is 2.12.